The zero-order valence-electron chi connectivity index (χ0n) is 13.1. The van der Waals surface area contributed by atoms with Crippen LogP contribution < -0.4 is 5.32 Å². The number of aromatic nitrogens is 1. The van der Waals surface area contributed by atoms with Crippen molar-refractivity contribution >= 4 is 6.09 Å². The minimum atomic E-state index is -0.439. The summed E-state index contributed by atoms with van der Waals surface area (Å²) in [4.78, 5) is 11.7. The SMILES string of the molecule is O=C(NCCc1cc(-c2ccccc2)on1)OCc1ccccc1. The third-order valence-electron chi connectivity index (χ3n) is 3.48. The van der Waals surface area contributed by atoms with Crippen molar-refractivity contribution < 1.29 is 14.1 Å². The Kier molecular flexibility index (Phi) is 5.24. The normalized spacial score (nSPS) is 10.3. The first kappa shape index (κ1) is 15.8. The predicted octanol–water partition coefficient (Wildman–Crippen LogP) is 3.81. The molecule has 2 aromatic carbocycles. The summed E-state index contributed by atoms with van der Waals surface area (Å²) < 4.78 is 10.5. The first-order valence-electron chi connectivity index (χ1n) is 7.77. The molecule has 0 unspecified atom stereocenters. The van der Waals surface area contributed by atoms with Crippen molar-refractivity contribution in [3.63, 3.8) is 0 Å². The van der Waals surface area contributed by atoms with Gasteiger partial charge in [-0.25, -0.2) is 4.79 Å². The molecule has 1 N–H and O–H groups in total. The molecular weight excluding hydrogens is 304 g/mol. The Morgan fingerprint density at radius 2 is 1.75 bits per heavy atom. The van der Waals surface area contributed by atoms with Crippen LogP contribution in [0.2, 0.25) is 0 Å². The van der Waals surface area contributed by atoms with Crippen molar-refractivity contribution in [1.29, 1.82) is 0 Å². The monoisotopic (exact) mass is 322 g/mol. The molecule has 24 heavy (non-hydrogen) atoms. The topological polar surface area (TPSA) is 64.4 Å². The number of nitrogens with one attached hydrogen (secondary N) is 1. The molecule has 3 rings (SSSR count). The minimum Gasteiger partial charge on any atom is -0.445 e. The van der Waals surface area contributed by atoms with Crippen LogP contribution in [0.5, 0.6) is 0 Å². The van der Waals surface area contributed by atoms with E-state index in [1.165, 1.54) is 0 Å². The van der Waals surface area contributed by atoms with Crippen molar-refractivity contribution in [1.82, 2.24) is 10.5 Å². The van der Waals surface area contributed by atoms with Gasteiger partial charge in [0.2, 0.25) is 0 Å². The van der Waals surface area contributed by atoms with E-state index in [9.17, 15) is 4.79 Å². The summed E-state index contributed by atoms with van der Waals surface area (Å²) in [5.41, 5.74) is 2.72. The van der Waals surface area contributed by atoms with Crippen LogP contribution in [0.15, 0.2) is 71.3 Å². The highest BCUT2D eigenvalue weighted by Crippen LogP contribution is 2.19. The van der Waals surface area contributed by atoms with Gasteiger partial charge in [-0.05, 0) is 5.56 Å². The lowest BCUT2D eigenvalue weighted by Crippen LogP contribution is -2.26. The second-order valence-corrected chi connectivity index (χ2v) is 5.29. The summed E-state index contributed by atoms with van der Waals surface area (Å²) in [6.45, 7) is 0.698. The van der Waals surface area contributed by atoms with E-state index in [4.69, 9.17) is 9.26 Å². The van der Waals surface area contributed by atoms with E-state index in [-0.39, 0.29) is 6.61 Å². The summed E-state index contributed by atoms with van der Waals surface area (Å²) in [5, 5.41) is 6.72. The average molecular weight is 322 g/mol. The highest BCUT2D eigenvalue weighted by molar-refractivity contribution is 5.67. The predicted molar refractivity (Wildman–Crippen MR) is 90.3 cm³/mol. The van der Waals surface area contributed by atoms with E-state index in [2.05, 4.69) is 10.5 Å². The Bertz CT molecular complexity index is 770. The number of ether oxygens (including phenoxy) is 1. The molecular formula is C19H18N2O3. The maximum atomic E-state index is 11.7. The van der Waals surface area contributed by atoms with Crippen molar-refractivity contribution in [3.05, 3.63) is 78.0 Å². The molecule has 0 atom stereocenters. The van der Waals surface area contributed by atoms with Gasteiger partial charge in [-0.3, -0.25) is 0 Å². The number of carbonyl (C=O) groups excluding carboxylic acids is 1. The first-order chi connectivity index (χ1) is 11.8. The highest BCUT2D eigenvalue weighted by atomic mass is 16.5. The fraction of sp³-hybridized carbons (Fsp3) is 0.158. The number of hydrogen-bond acceptors (Lipinski definition) is 4. The van der Waals surface area contributed by atoms with Crippen LogP contribution in [0.4, 0.5) is 4.79 Å². The van der Waals surface area contributed by atoms with Crippen LogP contribution >= 0.6 is 0 Å². The molecule has 0 spiro atoms. The number of carbonyl (C=O) groups is 1. The largest absolute Gasteiger partial charge is 0.445 e. The smallest absolute Gasteiger partial charge is 0.407 e. The molecule has 122 valence electrons. The van der Waals surface area contributed by atoms with E-state index < -0.39 is 6.09 Å². The molecule has 1 amide bonds. The molecule has 5 nitrogen and oxygen atoms in total. The number of rotatable bonds is 6. The highest BCUT2D eigenvalue weighted by Gasteiger charge is 2.07. The summed E-state index contributed by atoms with van der Waals surface area (Å²) in [6.07, 6.45) is 0.141. The Morgan fingerprint density at radius 3 is 2.50 bits per heavy atom. The van der Waals surface area contributed by atoms with Crippen LogP contribution in [-0.4, -0.2) is 17.8 Å². The number of amides is 1. The van der Waals surface area contributed by atoms with Crippen LogP contribution in [0.3, 0.4) is 0 Å². The van der Waals surface area contributed by atoms with E-state index in [0.717, 1.165) is 22.6 Å². The maximum absolute atomic E-state index is 11.7. The standard InChI is InChI=1S/C19H18N2O3/c22-19(23-14-15-7-3-1-4-8-15)20-12-11-17-13-18(24-21-17)16-9-5-2-6-10-16/h1-10,13H,11-12,14H2,(H,20,22). The summed E-state index contributed by atoms with van der Waals surface area (Å²) >= 11 is 0. The molecule has 5 heteroatoms. The molecule has 0 radical (unpaired) electrons. The molecule has 1 heterocycles. The fourth-order valence-electron chi connectivity index (χ4n) is 2.23. The van der Waals surface area contributed by atoms with Crippen LogP contribution in [-0.2, 0) is 17.8 Å². The molecule has 0 fully saturated rings. The lowest BCUT2D eigenvalue weighted by molar-refractivity contribution is 0.139. The van der Waals surface area contributed by atoms with E-state index in [0.29, 0.717) is 13.0 Å². The second kappa shape index (κ2) is 7.97. The van der Waals surface area contributed by atoms with Crippen molar-refractivity contribution in [3.8, 4) is 11.3 Å². The fourth-order valence-corrected chi connectivity index (χ4v) is 2.23. The van der Waals surface area contributed by atoms with Gasteiger partial charge in [0, 0.05) is 24.6 Å². The van der Waals surface area contributed by atoms with Crippen LogP contribution in [0.25, 0.3) is 11.3 Å². The average Bonchev–Trinajstić information content (AvgIpc) is 3.11. The second-order valence-electron chi connectivity index (χ2n) is 5.29. The quantitative estimate of drug-likeness (QED) is 0.749. The third kappa shape index (κ3) is 4.46. The third-order valence-corrected chi connectivity index (χ3v) is 3.48. The molecule has 0 saturated heterocycles. The lowest BCUT2D eigenvalue weighted by Gasteiger charge is -2.06. The number of benzene rings is 2. The Balaban J connectivity index is 1.42. The van der Waals surface area contributed by atoms with Gasteiger partial charge in [0.1, 0.15) is 6.61 Å². The van der Waals surface area contributed by atoms with Crippen LogP contribution in [0, 0.1) is 0 Å². The number of alkyl carbamates (subject to hydrolysis) is 1. The van der Waals surface area contributed by atoms with E-state index in [1.807, 2.05) is 66.7 Å². The zero-order chi connectivity index (χ0) is 16.6. The molecule has 0 bridgehead atoms. The Labute approximate surface area is 140 Å². The number of hydrogen-bond donors (Lipinski definition) is 1. The molecule has 1 aromatic heterocycles. The Hall–Kier alpha value is -3.08. The maximum Gasteiger partial charge on any atom is 0.407 e. The van der Waals surface area contributed by atoms with Crippen LogP contribution in [0.1, 0.15) is 11.3 Å². The van der Waals surface area contributed by atoms with Gasteiger partial charge >= 0.3 is 6.09 Å². The van der Waals surface area contributed by atoms with E-state index in [1.54, 1.807) is 0 Å². The minimum absolute atomic E-state index is 0.259. The van der Waals surface area contributed by atoms with E-state index >= 15 is 0 Å². The zero-order valence-corrected chi connectivity index (χ0v) is 13.1. The molecule has 0 aliphatic heterocycles. The van der Waals surface area contributed by atoms with Gasteiger partial charge in [-0.2, -0.15) is 0 Å². The summed E-state index contributed by atoms with van der Waals surface area (Å²) in [7, 11) is 0. The van der Waals surface area contributed by atoms with Crippen molar-refractivity contribution in [2.45, 2.75) is 13.0 Å². The number of nitrogens with zero attached hydrogens (tertiary/aromatic N) is 1. The van der Waals surface area contributed by atoms with Gasteiger partial charge in [-0.15, -0.1) is 0 Å². The Morgan fingerprint density at radius 1 is 1.04 bits per heavy atom. The molecule has 3 aromatic rings. The van der Waals surface area contributed by atoms with Gasteiger partial charge < -0.3 is 14.6 Å². The summed E-state index contributed by atoms with van der Waals surface area (Å²) in [5.74, 6) is 0.720. The van der Waals surface area contributed by atoms with Crippen molar-refractivity contribution in [2.75, 3.05) is 6.54 Å². The van der Waals surface area contributed by atoms with Gasteiger partial charge in [0.15, 0.2) is 5.76 Å². The first-order valence-corrected chi connectivity index (χ1v) is 7.77. The lowest BCUT2D eigenvalue weighted by atomic mass is 10.1. The van der Waals surface area contributed by atoms with Gasteiger partial charge in [0.05, 0.1) is 5.69 Å². The van der Waals surface area contributed by atoms with Crippen molar-refractivity contribution in [2.24, 2.45) is 0 Å². The summed E-state index contributed by atoms with van der Waals surface area (Å²) in [6, 6.07) is 21.2. The molecule has 0 saturated carbocycles. The van der Waals surface area contributed by atoms with Gasteiger partial charge in [-0.1, -0.05) is 65.8 Å². The molecule has 0 aliphatic rings. The molecule has 0 aliphatic carbocycles. The van der Waals surface area contributed by atoms with Gasteiger partial charge in [0.25, 0.3) is 0 Å².